The van der Waals surface area contributed by atoms with Crippen molar-refractivity contribution in [3.05, 3.63) is 46.3 Å². The van der Waals surface area contributed by atoms with E-state index in [4.69, 9.17) is 0 Å². The molecule has 1 fully saturated rings. The molecule has 0 saturated carbocycles. The van der Waals surface area contributed by atoms with E-state index in [1.807, 2.05) is 4.90 Å². The Kier molecular flexibility index (Phi) is 6.84. The highest BCUT2D eigenvalue weighted by atomic mass is 32.2. The van der Waals surface area contributed by atoms with Crippen LogP contribution in [0, 0.1) is 19.8 Å². The Labute approximate surface area is 178 Å². The zero-order valence-electron chi connectivity index (χ0n) is 17.8. The van der Waals surface area contributed by atoms with E-state index in [2.05, 4.69) is 43.5 Å². The van der Waals surface area contributed by atoms with Gasteiger partial charge in [0.15, 0.2) is 9.84 Å². The van der Waals surface area contributed by atoms with E-state index < -0.39 is 9.84 Å². The molecule has 0 aliphatic carbocycles. The second kappa shape index (κ2) is 9.00. The van der Waals surface area contributed by atoms with Crippen molar-refractivity contribution in [1.29, 1.82) is 0 Å². The van der Waals surface area contributed by atoms with Gasteiger partial charge in [-0.05, 0) is 80.2 Å². The Bertz CT molecular complexity index is 968. The number of aryl methyl sites for hydroxylation is 2. The Balaban J connectivity index is 1.57. The van der Waals surface area contributed by atoms with E-state index in [1.165, 1.54) is 16.0 Å². The fourth-order valence-electron chi connectivity index (χ4n) is 3.77. The monoisotopic (exact) mass is 433 g/mol. The van der Waals surface area contributed by atoms with Crippen molar-refractivity contribution in [2.24, 2.45) is 5.92 Å². The first kappa shape index (κ1) is 22.0. The van der Waals surface area contributed by atoms with Crippen LogP contribution in [-0.4, -0.2) is 43.3 Å². The second-order valence-corrected chi connectivity index (χ2v) is 12.0. The van der Waals surface area contributed by atoms with Crippen LogP contribution in [-0.2, 0) is 21.1 Å². The first-order valence-electron chi connectivity index (χ1n) is 10.3. The van der Waals surface area contributed by atoms with Crippen LogP contribution in [0.3, 0.4) is 0 Å². The Morgan fingerprint density at radius 2 is 1.86 bits per heavy atom. The van der Waals surface area contributed by atoms with Crippen molar-refractivity contribution in [2.45, 2.75) is 52.2 Å². The number of carbonyl (C=O) groups excluding carboxylic acids is 1. The summed E-state index contributed by atoms with van der Waals surface area (Å²) in [5, 5.41) is 1.82. The highest BCUT2D eigenvalue weighted by molar-refractivity contribution is 7.91. The topological polar surface area (TPSA) is 54.5 Å². The van der Waals surface area contributed by atoms with Crippen LogP contribution in [0.4, 0.5) is 0 Å². The van der Waals surface area contributed by atoms with E-state index in [1.54, 1.807) is 25.2 Å². The molecule has 2 aromatic rings. The van der Waals surface area contributed by atoms with Crippen LogP contribution < -0.4 is 0 Å². The fraction of sp³-hybridized carbons (Fsp3) is 0.522. The number of nitrogens with zero attached hydrogens (tertiary/aromatic N) is 1. The minimum absolute atomic E-state index is 0.137. The number of sulfone groups is 1. The van der Waals surface area contributed by atoms with Crippen LogP contribution in [0.15, 0.2) is 29.6 Å². The van der Waals surface area contributed by atoms with E-state index in [-0.39, 0.29) is 22.8 Å². The lowest BCUT2D eigenvalue weighted by atomic mass is 9.97. The molecule has 0 atom stereocenters. The average molecular weight is 434 g/mol. The van der Waals surface area contributed by atoms with E-state index in [0.29, 0.717) is 19.5 Å². The number of piperidine rings is 1. The van der Waals surface area contributed by atoms with E-state index in [0.717, 1.165) is 24.0 Å². The zero-order valence-corrected chi connectivity index (χ0v) is 19.4. The summed E-state index contributed by atoms with van der Waals surface area (Å²) >= 11 is 1.74. The van der Waals surface area contributed by atoms with Crippen LogP contribution in [0.1, 0.15) is 43.4 Å². The molecule has 158 valence electrons. The highest BCUT2D eigenvalue weighted by Gasteiger charge is 2.28. The smallest absolute Gasteiger partial charge is 0.226 e. The number of likely N-dealkylation sites (tertiary alicyclic amines) is 1. The molecule has 0 unspecified atom stereocenters. The van der Waals surface area contributed by atoms with Crippen LogP contribution in [0.2, 0.25) is 0 Å². The standard InChI is InChI=1S/C23H31NO3S2/c1-16(2)29(26,27)15-19-7-9-24(10-8-19)23(25)13-20-5-6-21(12-18(20)4)22-11-17(3)14-28-22/h5-6,11-12,14,16,19H,7-10,13,15H2,1-4H3. The van der Waals surface area contributed by atoms with Gasteiger partial charge in [0, 0.05) is 18.0 Å². The summed E-state index contributed by atoms with van der Waals surface area (Å²) in [6, 6.07) is 8.52. The Morgan fingerprint density at radius 1 is 1.17 bits per heavy atom. The minimum atomic E-state index is -3.02. The minimum Gasteiger partial charge on any atom is -0.342 e. The molecule has 4 nitrogen and oxygen atoms in total. The molecule has 1 aromatic heterocycles. The molecule has 1 aromatic carbocycles. The summed E-state index contributed by atoms with van der Waals surface area (Å²) in [4.78, 5) is 15.9. The molecule has 1 aliphatic heterocycles. The summed E-state index contributed by atoms with van der Waals surface area (Å²) in [6.45, 7) is 8.95. The molecule has 0 radical (unpaired) electrons. The Hall–Kier alpha value is -1.66. The molecule has 0 N–H and O–H groups in total. The predicted molar refractivity (Wildman–Crippen MR) is 121 cm³/mol. The molecule has 1 saturated heterocycles. The zero-order chi connectivity index (χ0) is 21.2. The van der Waals surface area contributed by atoms with Crippen molar-refractivity contribution in [2.75, 3.05) is 18.8 Å². The van der Waals surface area contributed by atoms with Gasteiger partial charge in [-0.25, -0.2) is 8.42 Å². The number of rotatable bonds is 6. The molecule has 29 heavy (non-hydrogen) atoms. The average Bonchev–Trinajstić information content (AvgIpc) is 3.10. The summed E-state index contributed by atoms with van der Waals surface area (Å²) in [5.41, 5.74) is 4.67. The third kappa shape index (κ3) is 5.48. The quantitative estimate of drug-likeness (QED) is 0.667. The maximum absolute atomic E-state index is 12.8. The maximum Gasteiger partial charge on any atom is 0.226 e. The van der Waals surface area contributed by atoms with Gasteiger partial charge in [-0.15, -0.1) is 11.3 Å². The third-order valence-corrected chi connectivity index (χ3v) is 9.32. The van der Waals surface area contributed by atoms with Gasteiger partial charge < -0.3 is 4.90 Å². The largest absolute Gasteiger partial charge is 0.342 e. The lowest BCUT2D eigenvalue weighted by molar-refractivity contribution is -0.131. The van der Waals surface area contributed by atoms with Crippen molar-refractivity contribution < 1.29 is 13.2 Å². The summed E-state index contributed by atoms with van der Waals surface area (Å²) in [5.74, 6) is 0.551. The van der Waals surface area contributed by atoms with Crippen LogP contribution in [0.5, 0.6) is 0 Å². The maximum atomic E-state index is 12.8. The van der Waals surface area contributed by atoms with Crippen LogP contribution >= 0.6 is 11.3 Å². The van der Waals surface area contributed by atoms with Gasteiger partial charge in [0.25, 0.3) is 0 Å². The molecule has 0 bridgehead atoms. The van der Waals surface area contributed by atoms with Crippen molar-refractivity contribution in [1.82, 2.24) is 4.90 Å². The lowest BCUT2D eigenvalue weighted by Gasteiger charge is -2.32. The molecule has 1 amide bonds. The fourth-order valence-corrected chi connectivity index (χ4v) is 6.05. The van der Waals surface area contributed by atoms with Gasteiger partial charge in [0.1, 0.15) is 0 Å². The number of amides is 1. The van der Waals surface area contributed by atoms with Gasteiger partial charge in [-0.3, -0.25) is 4.79 Å². The molecular weight excluding hydrogens is 402 g/mol. The van der Waals surface area contributed by atoms with Gasteiger partial charge in [-0.2, -0.15) is 0 Å². The molecule has 3 rings (SSSR count). The second-order valence-electron chi connectivity index (χ2n) is 8.51. The molecule has 2 heterocycles. The molecule has 0 spiro atoms. The highest BCUT2D eigenvalue weighted by Crippen LogP contribution is 2.29. The summed E-state index contributed by atoms with van der Waals surface area (Å²) in [6.07, 6.45) is 1.95. The number of thiophene rings is 1. The van der Waals surface area contributed by atoms with Crippen molar-refractivity contribution in [3.8, 4) is 10.4 Å². The lowest BCUT2D eigenvalue weighted by Crippen LogP contribution is -2.41. The van der Waals surface area contributed by atoms with Crippen molar-refractivity contribution >= 4 is 27.1 Å². The SMILES string of the molecule is Cc1csc(-c2ccc(CC(=O)N3CCC(CS(=O)(=O)C(C)C)CC3)c(C)c2)c1. The van der Waals surface area contributed by atoms with Gasteiger partial charge in [0.2, 0.25) is 5.91 Å². The summed E-state index contributed by atoms with van der Waals surface area (Å²) < 4.78 is 24.3. The van der Waals surface area contributed by atoms with Crippen molar-refractivity contribution in [3.63, 3.8) is 0 Å². The first-order valence-corrected chi connectivity index (χ1v) is 12.9. The first-order chi connectivity index (χ1) is 13.7. The number of benzene rings is 1. The van der Waals surface area contributed by atoms with Gasteiger partial charge in [0.05, 0.1) is 17.4 Å². The summed E-state index contributed by atoms with van der Waals surface area (Å²) in [7, 11) is -3.02. The number of hydrogen-bond acceptors (Lipinski definition) is 4. The molecular formula is C23H31NO3S2. The normalized spacial score (nSPS) is 15.8. The predicted octanol–water partition coefficient (Wildman–Crippen LogP) is 4.64. The molecule has 1 aliphatic rings. The molecule has 6 heteroatoms. The van der Waals surface area contributed by atoms with Gasteiger partial charge in [-0.1, -0.05) is 18.2 Å². The third-order valence-electron chi connectivity index (χ3n) is 5.85. The van der Waals surface area contributed by atoms with Crippen LogP contribution in [0.25, 0.3) is 10.4 Å². The van der Waals surface area contributed by atoms with Gasteiger partial charge >= 0.3 is 0 Å². The Morgan fingerprint density at radius 3 is 2.41 bits per heavy atom. The number of hydrogen-bond donors (Lipinski definition) is 0. The van der Waals surface area contributed by atoms with E-state index in [9.17, 15) is 13.2 Å². The number of carbonyl (C=O) groups is 1. The van der Waals surface area contributed by atoms with E-state index >= 15 is 0 Å².